The zero-order valence-electron chi connectivity index (χ0n) is 9.63. The quantitative estimate of drug-likeness (QED) is 0.615. The van der Waals surface area contributed by atoms with E-state index in [9.17, 15) is 4.39 Å². The van der Waals surface area contributed by atoms with Crippen LogP contribution in [0.3, 0.4) is 0 Å². The molecule has 2 atom stereocenters. The molecule has 1 aromatic carbocycles. The molecule has 0 saturated heterocycles. The molecule has 0 aromatic heterocycles. The van der Waals surface area contributed by atoms with Crippen LogP contribution in [0.1, 0.15) is 38.3 Å². The zero-order valence-corrected chi connectivity index (χ0v) is 10.4. The smallest absolute Gasteiger partial charge is 0.141 e. The largest absolute Gasteiger partial charge is 0.271 e. The molecule has 3 N–H and O–H groups in total. The number of nitrogens with one attached hydrogen (secondary N) is 1. The molecule has 16 heavy (non-hydrogen) atoms. The topological polar surface area (TPSA) is 38.0 Å². The highest BCUT2D eigenvalue weighted by Crippen LogP contribution is 2.27. The van der Waals surface area contributed by atoms with Gasteiger partial charge in [0.1, 0.15) is 5.82 Å². The van der Waals surface area contributed by atoms with Crippen LogP contribution in [0.2, 0.25) is 5.02 Å². The number of hydrogen-bond acceptors (Lipinski definition) is 2. The first-order chi connectivity index (χ1) is 7.60. The molecule has 0 fully saturated rings. The van der Waals surface area contributed by atoms with Crippen molar-refractivity contribution in [2.45, 2.75) is 32.7 Å². The number of halogens is 2. The van der Waals surface area contributed by atoms with E-state index in [0.29, 0.717) is 5.92 Å². The minimum atomic E-state index is -0.399. The van der Waals surface area contributed by atoms with Crippen LogP contribution in [-0.4, -0.2) is 0 Å². The Hall–Kier alpha value is -0.640. The summed E-state index contributed by atoms with van der Waals surface area (Å²) in [7, 11) is 0. The maximum atomic E-state index is 13.0. The van der Waals surface area contributed by atoms with Crippen LogP contribution in [0.15, 0.2) is 18.2 Å². The van der Waals surface area contributed by atoms with E-state index in [1.807, 2.05) is 0 Å². The summed E-state index contributed by atoms with van der Waals surface area (Å²) in [6.45, 7) is 4.24. The molecule has 90 valence electrons. The molecule has 1 rings (SSSR count). The first kappa shape index (κ1) is 13.4. The van der Waals surface area contributed by atoms with E-state index in [4.69, 9.17) is 17.4 Å². The first-order valence-corrected chi connectivity index (χ1v) is 5.89. The van der Waals surface area contributed by atoms with Gasteiger partial charge in [0.15, 0.2) is 0 Å². The normalized spacial score (nSPS) is 14.8. The molecule has 0 radical (unpaired) electrons. The van der Waals surface area contributed by atoms with Crippen LogP contribution in [0.5, 0.6) is 0 Å². The Labute approximate surface area is 101 Å². The fourth-order valence-corrected chi connectivity index (χ4v) is 2.11. The van der Waals surface area contributed by atoms with E-state index >= 15 is 0 Å². The summed E-state index contributed by atoms with van der Waals surface area (Å²) in [5.41, 5.74) is 3.69. The fourth-order valence-electron chi connectivity index (χ4n) is 1.92. The van der Waals surface area contributed by atoms with Crippen molar-refractivity contribution >= 4 is 11.6 Å². The Morgan fingerprint density at radius 3 is 2.69 bits per heavy atom. The predicted octanol–water partition coefficient (Wildman–Crippen LogP) is 3.42. The molecule has 0 saturated carbocycles. The Morgan fingerprint density at radius 2 is 2.19 bits per heavy atom. The van der Waals surface area contributed by atoms with Gasteiger partial charge in [0.2, 0.25) is 0 Å². The van der Waals surface area contributed by atoms with Gasteiger partial charge >= 0.3 is 0 Å². The fraction of sp³-hybridized carbons (Fsp3) is 0.500. The van der Waals surface area contributed by atoms with Gasteiger partial charge in [-0.05, 0) is 30.0 Å². The van der Waals surface area contributed by atoms with E-state index in [1.54, 1.807) is 12.1 Å². The second-order valence-electron chi connectivity index (χ2n) is 4.08. The molecule has 0 heterocycles. The van der Waals surface area contributed by atoms with Crippen LogP contribution in [-0.2, 0) is 0 Å². The van der Waals surface area contributed by atoms with Crippen LogP contribution in [0, 0.1) is 11.7 Å². The number of rotatable bonds is 5. The zero-order chi connectivity index (χ0) is 12.1. The van der Waals surface area contributed by atoms with Crippen LogP contribution in [0.25, 0.3) is 0 Å². The molecule has 0 aliphatic rings. The molecular weight excluding hydrogens is 227 g/mol. The predicted molar refractivity (Wildman–Crippen MR) is 65.5 cm³/mol. The summed E-state index contributed by atoms with van der Waals surface area (Å²) in [6, 6.07) is 4.74. The molecular formula is C12H18ClFN2. The average molecular weight is 245 g/mol. The molecule has 0 amide bonds. The lowest BCUT2D eigenvalue weighted by Crippen LogP contribution is -2.32. The van der Waals surface area contributed by atoms with E-state index < -0.39 is 5.82 Å². The third-order valence-corrected chi connectivity index (χ3v) is 3.09. The highest BCUT2D eigenvalue weighted by molar-refractivity contribution is 6.30. The van der Waals surface area contributed by atoms with Crippen molar-refractivity contribution in [3.8, 4) is 0 Å². The summed E-state index contributed by atoms with van der Waals surface area (Å²) in [4.78, 5) is 0. The van der Waals surface area contributed by atoms with Gasteiger partial charge in [-0.15, -0.1) is 0 Å². The van der Waals surface area contributed by atoms with E-state index in [2.05, 4.69) is 19.3 Å². The first-order valence-electron chi connectivity index (χ1n) is 5.51. The van der Waals surface area contributed by atoms with Gasteiger partial charge in [0.25, 0.3) is 0 Å². The third kappa shape index (κ3) is 3.17. The second-order valence-corrected chi connectivity index (χ2v) is 4.49. The molecule has 0 aliphatic carbocycles. The van der Waals surface area contributed by atoms with Gasteiger partial charge in [-0.1, -0.05) is 37.9 Å². The minimum absolute atomic E-state index is 0.0121. The van der Waals surface area contributed by atoms with Crippen molar-refractivity contribution in [3.05, 3.63) is 34.6 Å². The van der Waals surface area contributed by atoms with Gasteiger partial charge in [0.05, 0.1) is 5.02 Å². The van der Waals surface area contributed by atoms with Crippen molar-refractivity contribution in [1.82, 2.24) is 5.43 Å². The highest BCUT2D eigenvalue weighted by atomic mass is 35.5. The lowest BCUT2D eigenvalue weighted by atomic mass is 9.91. The molecule has 0 aliphatic heterocycles. The SMILES string of the molecule is CCCC(C)C(NN)c1ccc(F)c(Cl)c1. The van der Waals surface area contributed by atoms with Crippen molar-refractivity contribution < 1.29 is 4.39 Å². The third-order valence-electron chi connectivity index (χ3n) is 2.80. The maximum Gasteiger partial charge on any atom is 0.141 e. The van der Waals surface area contributed by atoms with Crippen molar-refractivity contribution in [2.75, 3.05) is 0 Å². The molecule has 0 bridgehead atoms. The van der Waals surface area contributed by atoms with Crippen molar-refractivity contribution in [3.63, 3.8) is 0 Å². The van der Waals surface area contributed by atoms with Gasteiger partial charge in [-0.2, -0.15) is 0 Å². The number of benzene rings is 1. The lowest BCUT2D eigenvalue weighted by molar-refractivity contribution is 0.368. The second kappa shape index (κ2) is 6.18. The van der Waals surface area contributed by atoms with E-state index in [-0.39, 0.29) is 11.1 Å². The van der Waals surface area contributed by atoms with Crippen LogP contribution >= 0.6 is 11.6 Å². The number of nitrogens with two attached hydrogens (primary N) is 1. The van der Waals surface area contributed by atoms with Gasteiger partial charge < -0.3 is 0 Å². The Morgan fingerprint density at radius 1 is 1.50 bits per heavy atom. The maximum absolute atomic E-state index is 13.0. The van der Waals surface area contributed by atoms with Crippen molar-refractivity contribution in [1.29, 1.82) is 0 Å². The van der Waals surface area contributed by atoms with Crippen molar-refractivity contribution in [2.24, 2.45) is 11.8 Å². The summed E-state index contributed by atoms with van der Waals surface area (Å²) in [5.74, 6) is 5.52. The van der Waals surface area contributed by atoms with E-state index in [1.165, 1.54) is 6.07 Å². The monoisotopic (exact) mass is 244 g/mol. The van der Waals surface area contributed by atoms with Gasteiger partial charge in [-0.25, -0.2) is 4.39 Å². The van der Waals surface area contributed by atoms with Gasteiger partial charge in [0, 0.05) is 6.04 Å². The standard InChI is InChI=1S/C12H18ClFN2/c1-3-4-8(2)12(16-15)9-5-6-11(14)10(13)7-9/h5-8,12,16H,3-4,15H2,1-2H3. The highest BCUT2D eigenvalue weighted by Gasteiger charge is 2.18. The molecule has 4 heteroatoms. The van der Waals surface area contributed by atoms with Crippen LogP contribution < -0.4 is 11.3 Å². The minimum Gasteiger partial charge on any atom is -0.271 e. The summed E-state index contributed by atoms with van der Waals surface area (Å²) >= 11 is 5.75. The summed E-state index contributed by atoms with van der Waals surface area (Å²) < 4.78 is 13.0. The van der Waals surface area contributed by atoms with Crippen LogP contribution in [0.4, 0.5) is 4.39 Å². The van der Waals surface area contributed by atoms with E-state index in [0.717, 1.165) is 18.4 Å². The number of hydrazine groups is 1. The van der Waals surface area contributed by atoms with Gasteiger partial charge in [-0.3, -0.25) is 11.3 Å². The molecule has 0 spiro atoms. The Bertz CT molecular complexity index is 344. The molecule has 1 aromatic rings. The molecule has 2 unspecified atom stereocenters. The molecule has 2 nitrogen and oxygen atoms in total. The Balaban J connectivity index is 2.90. The summed E-state index contributed by atoms with van der Waals surface area (Å²) in [6.07, 6.45) is 2.15. The number of hydrogen-bond donors (Lipinski definition) is 2. The average Bonchev–Trinajstić information content (AvgIpc) is 2.25. The summed E-state index contributed by atoms with van der Waals surface area (Å²) in [5, 5.41) is 0.140. The lowest BCUT2D eigenvalue weighted by Gasteiger charge is -2.23. The Kier molecular flexibility index (Phi) is 5.19.